The molecule has 2 atom stereocenters. The van der Waals surface area contributed by atoms with Crippen molar-refractivity contribution in [2.24, 2.45) is 5.92 Å². The molecule has 0 fully saturated rings. The van der Waals surface area contributed by atoms with E-state index in [1.165, 1.54) is 0 Å². The number of fused-ring (bicyclic) bond motifs is 1. The van der Waals surface area contributed by atoms with Gasteiger partial charge in [-0.2, -0.15) is 10.1 Å². The molecule has 3 aromatic rings. The minimum atomic E-state index is -0.678. The van der Waals surface area contributed by atoms with Gasteiger partial charge in [0.25, 0.3) is 0 Å². The number of carbonyl (C=O) groups excluding carboxylic acids is 1. The topological polar surface area (TPSA) is 111 Å². The number of nitrogens with zero attached hydrogens (tertiary/aromatic N) is 3. The first kappa shape index (κ1) is 22.3. The van der Waals surface area contributed by atoms with Crippen LogP contribution in [0.5, 0.6) is 11.5 Å². The summed E-state index contributed by atoms with van der Waals surface area (Å²) in [4.78, 5) is 18.0. The Balaban J connectivity index is 1.78. The molecule has 0 spiro atoms. The number of ether oxygens (including phenoxy) is 2. The molecule has 1 aliphatic heterocycles. The normalized spacial score (nSPS) is 17.1. The van der Waals surface area contributed by atoms with Crippen LogP contribution in [-0.2, 0) is 11.2 Å². The fourth-order valence-electron chi connectivity index (χ4n) is 3.96. The SMILES string of the molecule is C=C1Nc2nc(CCCO)nn2C(c2ccc(OC)c(OC)c2)C1C(=O)Nc1ccccc1. The van der Waals surface area contributed by atoms with Crippen LogP contribution in [0.2, 0.25) is 0 Å². The largest absolute Gasteiger partial charge is 0.493 e. The van der Waals surface area contributed by atoms with Crippen molar-refractivity contribution < 1.29 is 19.4 Å². The summed E-state index contributed by atoms with van der Waals surface area (Å²) in [7, 11) is 3.14. The Morgan fingerprint density at radius 1 is 1.18 bits per heavy atom. The predicted molar refractivity (Wildman–Crippen MR) is 124 cm³/mol. The highest BCUT2D eigenvalue weighted by atomic mass is 16.5. The van der Waals surface area contributed by atoms with Gasteiger partial charge in [0.1, 0.15) is 5.92 Å². The van der Waals surface area contributed by atoms with Crippen molar-refractivity contribution in [3.63, 3.8) is 0 Å². The molecule has 0 bridgehead atoms. The van der Waals surface area contributed by atoms with Gasteiger partial charge in [0.05, 0.1) is 20.3 Å². The molecule has 1 amide bonds. The number of carbonyl (C=O) groups is 1. The number of rotatable bonds is 8. The Labute approximate surface area is 192 Å². The molecule has 9 heteroatoms. The number of hydrogen-bond acceptors (Lipinski definition) is 7. The van der Waals surface area contributed by atoms with Crippen molar-refractivity contribution in [3.8, 4) is 11.5 Å². The van der Waals surface area contributed by atoms with Crippen molar-refractivity contribution in [2.45, 2.75) is 18.9 Å². The first-order chi connectivity index (χ1) is 16.0. The zero-order valence-electron chi connectivity index (χ0n) is 18.6. The highest BCUT2D eigenvalue weighted by molar-refractivity contribution is 5.95. The average molecular weight is 450 g/mol. The van der Waals surface area contributed by atoms with Crippen LogP contribution < -0.4 is 20.1 Å². The third kappa shape index (κ3) is 4.54. The van der Waals surface area contributed by atoms with Crippen LogP contribution in [0, 0.1) is 5.92 Å². The first-order valence-electron chi connectivity index (χ1n) is 10.7. The lowest BCUT2D eigenvalue weighted by Crippen LogP contribution is -2.39. The summed E-state index contributed by atoms with van der Waals surface area (Å²) < 4.78 is 12.6. The van der Waals surface area contributed by atoms with Gasteiger partial charge in [0, 0.05) is 24.4 Å². The first-order valence-corrected chi connectivity index (χ1v) is 10.7. The van der Waals surface area contributed by atoms with Crippen molar-refractivity contribution in [1.82, 2.24) is 14.8 Å². The molecule has 9 nitrogen and oxygen atoms in total. The molecule has 1 aromatic heterocycles. The van der Waals surface area contributed by atoms with E-state index in [1.807, 2.05) is 42.5 Å². The number of aliphatic hydroxyl groups is 1. The highest BCUT2D eigenvalue weighted by Gasteiger charge is 2.40. The van der Waals surface area contributed by atoms with E-state index < -0.39 is 12.0 Å². The van der Waals surface area contributed by atoms with Crippen molar-refractivity contribution in [3.05, 3.63) is 72.2 Å². The van der Waals surface area contributed by atoms with Gasteiger partial charge in [0.2, 0.25) is 11.9 Å². The van der Waals surface area contributed by atoms with Crippen LogP contribution in [0.3, 0.4) is 0 Å². The van der Waals surface area contributed by atoms with E-state index in [9.17, 15) is 9.90 Å². The zero-order chi connectivity index (χ0) is 23.4. The number of aromatic nitrogens is 3. The number of aliphatic hydroxyl groups excluding tert-OH is 1. The van der Waals surface area contributed by atoms with Crippen molar-refractivity contribution in [1.29, 1.82) is 0 Å². The molecule has 1 aliphatic rings. The van der Waals surface area contributed by atoms with E-state index in [0.717, 1.165) is 5.56 Å². The van der Waals surface area contributed by atoms with Crippen molar-refractivity contribution >= 4 is 17.5 Å². The Morgan fingerprint density at radius 2 is 1.94 bits per heavy atom. The standard InChI is InChI=1S/C24H27N5O4/c1-15-21(23(31)26-17-8-5-4-6-9-17)22(16-11-12-18(32-2)19(14-16)33-3)29-24(25-15)27-20(28-29)10-7-13-30/h4-6,8-9,11-12,14,21-22,30H,1,7,10,13H2,2-3H3,(H,26,31)(H,25,27,28). The molecule has 172 valence electrons. The summed E-state index contributed by atoms with van der Waals surface area (Å²) >= 11 is 0. The Kier molecular flexibility index (Phi) is 6.60. The third-order valence-corrected chi connectivity index (χ3v) is 5.53. The maximum atomic E-state index is 13.5. The summed E-state index contributed by atoms with van der Waals surface area (Å²) in [5, 5.41) is 20.0. The molecule has 0 saturated heterocycles. The van der Waals surface area contributed by atoms with Crippen LogP contribution in [-0.4, -0.2) is 46.6 Å². The number of methoxy groups -OCH3 is 2. The van der Waals surface area contributed by atoms with Gasteiger partial charge >= 0.3 is 0 Å². The molecule has 3 N–H and O–H groups in total. The lowest BCUT2D eigenvalue weighted by molar-refractivity contribution is -0.119. The van der Waals surface area contributed by atoms with Gasteiger partial charge in [-0.15, -0.1) is 0 Å². The molecule has 33 heavy (non-hydrogen) atoms. The van der Waals surface area contributed by atoms with Crippen LogP contribution in [0.1, 0.15) is 23.9 Å². The highest BCUT2D eigenvalue weighted by Crippen LogP contribution is 2.41. The van der Waals surface area contributed by atoms with Gasteiger partial charge in [-0.25, -0.2) is 4.68 Å². The Hall–Kier alpha value is -3.85. The summed E-state index contributed by atoms with van der Waals surface area (Å²) in [5.74, 6) is 1.30. The molecule has 2 heterocycles. The predicted octanol–water partition coefficient (Wildman–Crippen LogP) is 3.00. The van der Waals surface area contributed by atoms with Crippen molar-refractivity contribution in [2.75, 3.05) is 31.5 Å². The van der Waals surface area contributed by atoms with Gasteiger partial charge < -0.3 is 25.2 Å². The zero-order valence-corrected chi connectivity index (χ0v) is 18.6. The molecule has 2 aromatic carbocycles. The van der Waals surface area contributed by atoms with E-state index in [0.29, 0.717) is 47.5 Å². The Bertz CT molecular complexity index is 1150. The quantitative estimate of drug-likeness (QED) is 0.485. The van der Waals surface area contributed by atoms with Crippen LogP contribution in [0.15, 0.2) is 60.8 Å². The number of anilines is 2. The molecule has 0 aliphatic carbocycles. The minimum Gasteiger partial charge on any atom is -0.493 e. The van der Waals surface area contributed by atoms with Gasteiger partial charge in [-0.1, -0.05) is 30.8 Å². The fraction of sp³-hybridized carbons (Fsp3) is 0.292. The number of benzene rings is 2. The van der Waals surface area contributed by atoms with E-state index >= 15 is 0 Å². The number of para-hydroxylation sites is 1. The summed E-state index contributed by atoms with van der Waals surface area (Å²) in [6, 6.07) is 14.3. The van der Waals surface area contributed by atoms with E-state index in [4.69, 9.17) is 9.47 Å². The van der Waals surface area contributed by atoms with E-state index in [2.05, 4.69) is 27.3 Å². The second-order valence-electron chi connectivity index (χ2n) is 7.67. The summed E-state index contributed by atoms with van der Waals surface area (Å²) in [6.45, 7) is 4.18. The van der Waals surface area contributed by atoms with E-state index in [-0.39, 0.29) is 12.5 Å². The maximum absolute atomic E-state index is 13.5. The summed E-state index contributed by atoms with van der Waals surface area (Å²) in [6.07, 6.45) is 1.06. The van der Waals surface area contributed by atoms with Gasteiger partial charge in [-0.05, 0) is 36.2 Å². The second kappa shape index (κ2) is 9.74. The number of amides is 1. The maximum Gasteiger partial charge on any atom is 0.235 e. The molecule has 2 unspecified atom stereocenters. The molecular formula is C24H27N5O4. The summed E-state index contributed by atoms with van der Waals surface area (Å²) in [5.41, 5.74) is 1.99. The Morgan fingerprint density at radius 3 is 2.64 bits per heavy atom. The van der Waals surface area contributed by atoms with Crippen LogP contribution in [0.25, 0.3) is 0 Å². The van der Waals surface area contributed by atoms with E-state index in [1.54, 1.807) is 25.0 Å². The fourth-order valence-corrected chi connectivity index (χ4v) is 3.96. The smallest absolute Gasteiger partial charge is 0.235 e. The molecule has 4 rings (SSSR count). The monoisotopic (exact) mass is 449 g/mol. The number of hydrogen-bond donors (Lipinski definition) is 3. The second-order valence-corrected chi connectivity index (χ2v) is 7.67. The van der Waals surface area contributed by atoms with Crippen LogP contribution >= 0.6 is 0 Å². The minimum absolute atomic E-state index is 0.0468. The lowest BCUT2D eigenvalue weighted by atomic mass is 9.88. The molecular weight excluding hydrogens is 422 g/mol. The third-order valence-electron chi connectivity index (χ3n) is 5.53. The van der Waals surface area contributed by atoms with Gasteiger partial charge in [-0.3, -0.25) is 4.79 Å². The van der Waals surface area contributed by atoms with Gasteiger partial charge in [0.15, 0.2) is 17.3 Å². The average Bonchev–Trinajstić information content (AvgIpc) is 3.24. The number of aryl methyl sites for hydroxylation is 1. The lowest BCUT2D eigenvalue weighted by Gasteiger charge is -2.34. The molecule has 0 saturated carbocycles. The molecule has 0 radical (unpaired) electrons. The van der Waals surface area contributed by atoms with Crippen LogP contribution in [0.4, 0.5) is 11.6 Å². The number of nitrogens with one attached hydrogen (secondary N) is 2.